The van der Waals surface area contributed by atoms with Crippen molar-refractivity contribution in [3.8, 4) is 0 Å². The van der Waals surface area contributed by atoms with Gasteiger partial charge in [-0.2, -0.15) is 4.31 Å². The first-order valence-electron chi connectivity index (χ1n) is 9.00. The fourth-order valence-corrected chi connectivity index (χ4v) is 4.17. The second-order valence-corrected chi connectivity index (χ2v) is 8.56. The van der Waals surface area contributed by atoms with Crippen molar-refractivity contribution in [3.63, 3.8) is 0 Å². The summed E-state index contributed by atoms with van der Waals surface area (Å²) in [5, 5.41) is 3.30. The number of sulfonamides is 1. The molecule has 0 aliphatic rings. The Bertz CT molecular complexity index is 868. The summed E-state index contributed by atoms with van der Waals surface area (Å²) in [6.45, 7) is 3.46. The lowest BCUT2D eigenvalue weighted by atomic mass is 10.1. The Morgan fingerprint density at radius 2 is 1.75 bits per heavy atom. The van der Waals surface area contributed by atoms with E-state index in [9.17, 15) is 13.2 Å². The van der Waals surface area contributed by atoms with Gasteiger partial charge in [-0.1, -0.05) is 30.7 Å². The molecule has 0 heterocycles. The summed E-state index contributed by atoms with van der Waals surface area (Å²) >= 11 is 5.85. The molecule has 28 heavy (non-hydrogen) atoms. The number of nitrogens with zero attached hydrogens (tertiary/aromatic N) is 1. The van der Waals surface area contributed by atoms with Gasteiger partial charge in [0, 0.05) is 43.9 Å². The number of carbonyl (C=O) groups is 1. The van der Waals surface area contributed by atoms with Crippen LogP contribution in [0.2, 0.25) is 5.02 Å². The van der Waals surface area contributed by atoms with E-state index >= 15 is 0 Å². The highest BCUT2D eigenvalue weighted by molar-refractivity contribution is 7.89. The predicted octanol–water partition coefficient (Wildman–Crippen LogP) is 3.32. The molecule has 1 N–H and O–H groups in total. The van der Waals surface area contributed by atoms with Gasteiger partial charge in [0.2, 0.25) is 10.0 Å². The van der Waals surface area contributed by atoms with E-state index in [2.05, 4.69) is 5.32 Å². The van der Waals surface area contributed by atoms with E-state index in [1.807, 2.05) is 0 Å². The van der Waals surface area contributed by atoms with E-state index in [1.54, 1.807) is 50.4 Å². The number of benzene rings is 2. The molecule has 2 aromatic carbocycles. The molecule has 2 rings (SSSR count). The molecule has 0 aliphatic heterocycles. The summed E-state index contributed by atoms with van der Waals surface area (Å²) < 4.78 is 32.0. The van der Waals surface area contributed by atoms with Crippen LogP contribution in [-0.2, 0) is 21.3 Å². The fraction of sp³-hybridized carbons (Fsp3) is 0.350. The molecule has 0 radical (unpaired) electrons. The molecule has 1 amide bonds. The topological polar surface area (TPSA) is 75.7 Å². The van der Waals surface area contributed by atoms with Crippen LogP contribution in [-0.4, -0.2) is 45.4 Å². The Balaban J connectivity index is 2.04. The van der Waals surface area contributed by atoms with Crippen molar-refractivity contribution in [3.05, 3.63) is 64.7 Å². The molecule has 152 valence electrons. The molecule has 0 fully saturated rings. The SMILES string of the molecule is CCN(Cc1ccc(C(=O)NCCCOC)cc1)S(=O)(=O)c1ccc(Cl)cc1. The van der Waals surface area contributed by atoms with Gasteiger partial charge in [-0.05, 0) is 48.4 Å². The van der Waals surface area contributed by atoms with Crippen LogP contribution in [0, 0.1) is 0 Å². The highest BCUT2D eigenvalue weighted by Gasteiger charge is 2.23. The van der Waals surface area contributed by atoms with Crippen LogP contribution in [0.3, 0.4) is 0 Å². The predicted molar refractivity (Wildman–Crippen MR) is 110 cm³/mol. The minimum absolute atomic E-state index is 0.163. The Hall–Kier alpha value is -1.93. The number of ether oxygens (including phenoxy) is 1. The van der Waals surface area contributed by atoms with E-state index in [-0.39, 0.29) is 17.3 Å². The zero-order chi connectivity index (χ0) is 20.6. The van der Waals surface area contributed by atoms with Gasteiger partial charge in [0.05, 0.1) is 4.90 Å². The fourth-order valence-electron chi connectivity index (χ4n) is 2.61. The van der Waals surface area contributed by atoms with Crippen LogP contribution < -0.4 is 5.32 Å². The number of methoxy groups -OCH3 is 1. The van der Waals surface area contributed by atoms with E-state index in [1.165, 1.54) is 16.4 Å². The van der Waals surface area contributed by atoms with Crippen LogP contribution in [0.25, 0.3) is 0 Å². The van der Waals surface area contributed by atoms with Gasteiger partial charge >= 0.3 is 0 Å². The molecule has 0 bridgehead atoms. The zero-order valence-electron chi connectivity index (χ0n) is 16.0. The van der Waals surface area contributed by atoms with Gasteiger partial charge in [-0.15, -0.1) is 0 Å². The van der Waals surface area contributed by atoms with Crippen molar-refractivity contribution >= 4 is 27.5 Å². The van der Waals surface area contributed by atoms with Gasteiger partial charge in [-0.3, -0.25) is 4.79 Å². The molecule has 0 unspecified atom stereocenters. The third kappa shape index (κ3) is 6.04. The van der Waals surface area contributed by atoms with E-state index in [0.29, 0.717) is 30.3 Å². The summed E-state index contributed by atoms with van der Waals surface area (Å²) in [6.07, 6.45) is 0.744. The summed E-state index contributed by atoms with van der Waals surface area (Å²) in [7, 11) is -2.01. The standard InChI is InChI=1S/C20H25ClN2O4S/c1-3-23(28(25,26)19-11-9-18(21)10-12-19)15-16-5-7-17(8-6-16)20(24)22-13-4-14-27-2/h5-12H,3-4,13-15H2,1-2H3,(H,22,24). The number of halogens is 1. The molecule has 0 atom stereocenters. The lowest BCUT2D eigenvalue weighted by Gasteiger charge is -2.21. The van der Waals surface area contributed by atoms with Crippen LogP contribution in [0.1, 0.15) is 29.3 Å². The second kappa shape index (κ2) is 10.6. The molecular weight excluding hydrogens is 400 g/mol. The summed E-state index contributed by atoms with van der Waals surface area (Å²) in [5.41, 5.74) is 1.33. The lowest BCUT2D eigenvalue weighted by Crippen LogP contribution is -2.30. The lowest BCUT2D eigenvalue weighted by molar-refractivity contribution is 0.0948. The van der Waals surface area contributed by atoms with Crippen molar-refractivity contribution in [1.29, 1.82) is 0 Å². The molecule has 2 aromatic rings. The number of hydrogen-bond donors (Lipinski definition) is 1. The van der Waals surface area contributed by atoms with Crippen molar-refractivity contribution in [2.75, 3.05) is 26.8 Å². The molecular formula is C20H25ClN2O4S. The third-order valence-corrected chi connectivity index (χ3v) is 6.38. The number of amides is 1. The van der Waals surface area contributed by atoms with Crippen LogP contribution >= 0.6 is 11.6 Å². The Morgan fingerprint density at radius 1 is 1.11 bits per heavy atom. The van der Waals surface area contributed by atoms with Crippen molar-refractivity contribution < 1.29 is 17.9 Å². The maximum atomic E-state index is 12.8. The summed E-state index contributed by atoms with van der Waals surface area (Å²) in [4.78, 5) is 12.3. The first-order chi connectivity index (χ1) is 13.4. The minimum atomic E-state index is -3.63. The van der Waals surface area contributed by atoms with Crippen LogP contribution in [0.4, 0.5) is 0 Å². The Kier molecular flexibility index (Phi) is 8.44. The monoisotopic (exact) mass is 424 g/mol. The normalized spacial score (nSPS) is 11.6. The van der Waals surface area contributed by atoms with Crippen LogP contribution in [0.5, 0.6) is 0 Å². The van der Waals surface area contributed by atoms with Gasteiger partial charge in [-0.25, -0.2) is 8.42 Å². The molecule has 0 saturated heterocycles. The van der Waals surface area contributed by atoms with Crippen LogP contribution in [0.15, 0.2) is 53.4 Å². The molecule has 0 saturated carbocycles. The van der Waals surface area contributed by atoms with E-state index < -0.39 is 10.0 Å². The minimum Gasteiger partial charge on any atom is -0.385 e. The summed E-state index contributed by atoms with van der Waals surface area (Å²) in [6, 6.07) is 13.0. The van der Waals surface area contributed by atoms with Crippen molar-refractivity contribution in [2.24, 2.45) is 0 Å². The van der Waals surface area contributed by atoms with Crippen molar-refractivity contribution in [2.45, 2.75) is 24.8 Å². The summed E-state index contributed by atoms with van der Waals surface area (Å²) in [5.74, 6) is -0.163. The van der Waals surface area contributed by atoms with Gasteiger partial charge in [0.15, 0.2) is 0 Å². The average Bonchev–Trinajstić information content (AvgIpc) is 2.70. The molecule has 6 nitrogen and oxygen atoms in total. The molecule has 8 heteroatoms. The van der Waals surface area contributed by atoms with E-state index in [0.717, 1.165) is 12.0 Å². The highest BCUT2D eigenvalue weighted by Crippen LogP contribution is 2.20. The maximum Gasteiger partial charge on any atom is 0.251 e. The maximum absolute atomic E-state index is 12.8. The number of hydrogen-bond acceptors (Lipinski definition) is 4. The average molecular weight is 425 g/mol. The number of rotatable bonds is 10. The van der Waals surface area contributed by atoms with Gasteiger partial charge < -0.3 is 10.1 Å². The zero-order valence-corrected chi connectivity index (χ0v) is 17.6. The second-order valence-electron chi connectivity index (χ2n) is 6.18. The Labute approximate surface area is 171 Å². The highest BCUT2D eigenvalue weighted by atomic mass is 35.5. The largest absolute Gasteiger partial charge is 0.385 e. The van der Waals surface area contributed by atoms with Crippen molar-refractivity contribution in [1.82, 2.24) is 9.62 Å². The number of carbonyl (C=O) groups excluding carboxylic acids is 1. The Morgan fingerprint density at radius 3 is 2.32 bits per heavy atom. The first kappa shape index (κ1) is 22.4. The molecule has 0 aromatic heterocycles. The quantitative estimate of drug-likeness (QED) is 0.593. The van der Waals surface area contributed by atoms with E-state index in [4.69, 9.17) is 16.3 Å². The number of nitrogens with one attached hydrogen (secondary N) is 1. The first-order valence-corrected chi connectivity index (χ1v) is 10.8. The third-order valence-electron chi connectivity index (χ3n) is 4.19. The molecule has 0 spiro atoms. The smallest absolute Gasteiger partial charge is 0.251 e. The molecule has 0 aliphatic carbocycles. The van der Waals surface area contributed by atoms with Gasteiger partial charge in [0.1, 0.15) is 0 Å². The van der Waals surface area contributed by atoms with Gasteiger partial charge in [0.25, 0.3) is 5.91 Å².